The normalized spacial score (nSPS) is 11.3. The zero-order valence-electron chi connectivity index (χ0n) is 8.18. The Hall–Kier alpha value is -1.81. The number of hydrogen-bond donors (Lipinski definition) is 1. The third kappa shape index (κ3) is 2.23. The predicted octanol–water partition coefficient (Wildman–Crippen LogP) is 2.66. The van der Waals surface area contributed by atoms with Gasteiger partial charge in [0.25, 0.3) is 0 Å². The summed E-state index contributed by atoms with van der Waals surface area (Å²) in [5.74, 6) is -0.313. The Bertz CT molecular complexity index is 559. The summed E-state index contributed by atoms with van der Waals surface area (Å²) in [5.41, 5.74) is 2.07. The van der Waals surface area contributed by atoms with E-state index >= 15 is 0 Å². The van der Waals surface area contributed by atoms with Crippen LogP contribution in [-0.2, 0) is 10.7 Å². The minimum absolute atomic E-state index is 0.217. The maximum atomic E-state index is 10.3. The van der Waals surface area contributed by atoms with Crippen LogP contribution in [0.25, 0.3) is 17.2 Å². The number of alkyl halides is 1. The highest BCUT2D eigenvalue weighted by Gasteiger charge is 2.04. The lowest BCUT2D eigenvalue weighted by Crippen LogP contribution is -1.85. The van der Waals surface area contributed by atoms with E-state index in [2.05, 4.69) is 4.98 Å². The Balaban J connectivity index is 2.39. The Labute approximate surface area is 96.2 Å². The van der Waals surface area contributed by atoms with Crippen LogP contribution in [0, 0.1) is 0 Å². The van der Waals surface area contributed by atoms with Crippen LogP contribution in [0.15, 0.2) is 28.7 Å². The average Bonchev–Trinajstić information content (AvgIpc) is 2.68. The molecular formula is C11H8ClNO3. The number of nitrogens with zero attached hydrogens (tertiary/aromatic N) is 1. The number of fused-ring (bicyclic) bond motifs is 1. The van der Waals surface area contributed by atoms with Crippen molar-refractivity contribution in [2.24, 2.45) is 0 Å². The minimum atomic E-state index is -0.985. The number of benzene rings is 1. The van der Waals surface area contributed by atoms with Crippen LogP contribution in [0.2, 0.25) is 0 Å². The summed E-state index contributed by atoms with van der Waals surface area (Å²) in [5, 5.41) is 8.49. The molecule has 0 radical (unpaired) electrons. The molecule has 82 valence electrons. The van der Waals surface area contributed by atoms with Crippen LogP contribution in [0.1, 0.15) is 11.5 Å². The Morgan fingerprint density at radius 3 is 3.06 bits per heavy atom. The number of halogens is 1. The Morgan fingerprint density at radius 1 is 1.56 bits per heavy atom. The number of aromatic nitrogens is 1. The smallest absolute Gasteiger partial charge is 0.328 e. The highest BCUT2D eigenvalue weighted by Crippen LogP contribution is 2.18. The quantitative estimate of drug-likeness (QED) is 0.659. The molecule has 1 N–H and O–H groups in total. The maximum Gasteiger partial charge on any atom is 0.328 e. The molecule has 0 aliphatic heterocycles. The van der Waals surface area contributed by atoms with Gasteiger partial charge in [0.15, 0.2) is 5.58 Å². The molecule has 0 aliphatic rings. The molecule has 2 rings (SSSR count). The fraction of sp³-hybridized carbons (Fsp3) is 0.0909. The summed E-state index contributed by atoms with van der Waals surface area (Å²) in [6, 6.07) is 5.24. The van der Waals surface area contributed by atoms with Gasteiger partial charge < -0.3 is 9.52 Å². The number of carboxylic acids is 1. The SMILES string of the molecule is O=C(O)/C=C/c1ccc2oc(CCl)nc2c1. The summed E-state index contributed by atoms with van der Waals surface area (Å²) in [7, 11) is 0. The van der Waals surface area contributed by atoms with Gasteiger partial charge in [0, 0.05) is 6.08 Å². The van der Waals surface area contributed by atoms with Crippen molar-refractivity contribution in [2.45, 2.75) is 5.88 Å². The van der Waals surface area contributed by atoms with E-state index in [4.69, 9.17) is 21.1 Å². The molecule has 0 atom stereocenters. The van der Waals surface area contributed by atoms with Gasteiger partial charge >= 0.3 is 5.97 Å². The molecule has 0 unspecified atom stereocenters. The molecule has 0 saturated carbocycles. The van der Waals surface area contributed by atoms with Gasteiger partial charge in [0.05, 0.1) is 5.88 Å². The molecule has 1 aromatic heterocycles. The summed E-state index contributed by atoms with van der Waals surface area (Å²) in [6.07, 6.45) is 2.57. The van der Waals surface area contributed by atoms with Crippen LogP contribution >= 0.6 is 11.6 Å². The van der Waals surface area contributed by atoms with E-state index < -0.39 is 5.97 Å². The second kappa shape index (κ2) is 4.37. The zero-order chi connectivity index (χ0) is 11.5. The second-order valence-electron chi connectivity index (χ2n) is 3.14. The highest BCUT2D eigenvalue weighted by atomic mass is 35.5. The topological polar surface area (TPSA) is 63.3 Å². The first-order valence-electron chi connectivity index (χ1n) is 4.55. The van der Waals surface area contributed by atoms with Crippen molar-refractivity contribution in [3.63, 3.8) is 0 Å². The van der Waals surface area contributed by atoms with E-state index in [1.165, 1.54) is 6.08 Å². The van der Waals surface area contributed by atoms with E-state index in [0.717, 1.165) is 11.6 Å². The van der Waals surface area contributed by atoms with Gasteiger partial charge in [-0.25, -0.2) is 9.78 Å². The van der Waals surface area contributed by atoms with E-state index in [9.17, 15) is 4.79 Å². The first-order chi connectivity index (χ1) is 7.69. The van der Waals surface area contributed by atoms with Crippen LogP contribution in [0.3, 0.4) is 0 Å². The molecule has 0 amide bonds. The van der Waals surface area contributed by atoms with Crippen molar-refractivity contribution in [2.75, 3.05) is 0 Å². The standard InChI is InChI=1S/C11H8ClNO3/c12-6-10-13-8-5-7(2-4-11(14)15)1-3-9(8)16-10/h1-5H,6H2,(H,14,15)/b4-2+. The molecule has 0 bridgehead atoms. The van der Waals surface area contributed by atoms with E-state index in [1.54, 1.807) is 18.2 Å². The van der Waals surface area contributed by atoms with Gasteiger partial charge in [0.2, 0.25) is 5.89 Å². The summed E-state index contributed by atoms with van der Waals surface area (Å²) < 4.78 is 5.31. The fourth-order valence-electron chi connectivity index (χ4n) is 1.32. The molecule has 4 nitrogen and oxygen atoms in total. The lowest BCUT2D eigenvalue weighted by Gasteiger charge is -1.90. The number of carboxylic acid groups (broad SMARTS) is 1. The van der Waals surface area contributed by atoms with E-state index in [-0.39, 0.29) is 5.88 Å². The van der Waals surface area contributed by atoms with Gasteiger partial charge in [-0.2, -0.15) is 0 Å². The molecule has 1 heterocycles. The molecule has 5 heteroatoms. The summed E-state index contributed by atoms with van der Waals surface area (Å²) >= 11 is 5.59. The summed E-state index contributed by atoms with van der Waals surface area (Å²) in [6.45, 7) is 0. The monoisotopic (exact) mass is 237 g/mol. The lowest BCUT2D eigenvalue weighted by molar-refractivity contribution is -0.131. The largest absolute Gasteiger partial charge is 0.478 e. The lowest BCUT2D eigenvalue weighted by atomic mass is 10.2. The van der Waals surface area contributed by atoms with Crippen LogP contribution in [0.4, 0.5) is 0 Å². The molecular weight excluding hydrogens is 230 g/mol. The molecule has 0 fully saturated rings. The predicted molar refractivity (Wildman–Crippen MR) is 60.2 cm³/mol. The third-order valence-electron chi connectivity index (χ3n) is 1.99. The number of oxazole rings is 1. The number of rotatable bonds is 3. The molecule has 0 spiro atoms. The van der Waals surface area contributed by atoms with Gasteiger partial charge in [-0.15, -0.1) is 11.6 Å². The van der Waals surface area contributed by atoms with Crippen molar-refractivity contribution in [1.29, 1.82) is 0 Å². The first kappa shape index (κ1) is 10.7. The number of aliphatic carboxylic acids is 1. The van der Waals surface area contributed by atoms with E-state index in [1.807, 2.05) is 0 Å². The van der Waals surface area contributed by atoms with Gasteiger partial charge in [0.1, 0.15) is 5.52 Å². The number of carbonyl (C=O) groups is 1. The van der Waals surface area contributed by atoms with E-state index in [0.29, 0.717) is 17.0 Å². The second-order valence-corrected chi connectivity index (χ2v) is 3.41. The molecule has 2 aromatic rings. The highest BCUT2D eigenvalue weighted by molar-refractivity contribution is 6.16. The van der Waals surface area contributed by atoms with Gasteiger partial charge in [-0.3, -0.25) is 0 Å². The first-order valence-corrected chi connectivity index (χ1v) is 5.09. The fourth-order valence-corrected chi connectivity index (χ4v) is 1.43. The maximum absolute atomic E-state index is 10.3. The number of hydrogen-bond acceptors (Lipinski definition) is 3. The minimum Gasteiger partial charge on any atom is -0.478 e. The summed E-state index contributed by atoms with van der Waals surface area (Å²) in [4.78, 5) is 14.5. The van der Waals surface area contributed by atoms with Crippen molar-refractivity contribution >= 4 is 34.7 Å². The molecule has 0 saturated heterocycles. The van der Waals surface area contributed by atoms with Gasteiger partial charge in [-0.1, -0.05) is 6.07 Å². The Kier molecular flexibility index (Phi) is 2.92. The van der Waals surface area contributed by atoms with Gasteiger partial charge in [-0.05, 0) is 23.8 Å². The van der Waals surface area contributed by atoms with Crippen LogP contribution in [-0.4, -0.2) is 16.1 Å². The average molecular weight is 238 g/mol. The molecule has 1 aromatic carbocycles. The molecule has 16 heavy (non-hydrogen) atoms. The molecule has 0 aliphatic carbocycles. The van der Waals surface area contributed by atoms with Crippen molar-refractivity contribution in [3.05, 3.63) is 35.7 Å². The Morgan fingerprint density at radius 2 is 2.38 bits per heavy atom. The third-order valence-corrected chi connectivity index (χ3v) is 2.22. The van der Waals surface area contributed by atoms with Crippen LogP contribution in [0.5, 0.6) is 0 Å². The van der Waals surface area contributed by atoms with Crippen LogP contribution < -0.4 is 0 Å². The van der Waals surface area contributed by atoms with Crippen molar-refractivity contribution < 1.29 is 14.3 Å². The zero-order valence-corrected chi connectivity index (χ0v) is 8.94. The van der Waals surface area contributed by atoms with Crippen molar-refractivity contribution in [1.82, 2.24) is 4.98 Å². The van der Waals surface area contributed by atoms with Crippen molar-refractivity contribution in [3.8, 4) is 0 Å².